The Kier molecular flexibility index (Phi) is 5.25. The molecule has 1 saturated heterocycles. The first kappa shape index (κ1) is 15.9. The van der Waals surface area contributed by atoms with E-state index in [0.29, 0.717) is 32.4 Å². The molecule has 6 heteroatoms. The molecule has 1 aromatic carbocycles. The zero-order chi connectivity index (χ0) is 15.4. The molecule has 2 atom stereocenters. The van der Waals surface area contributed by atoms with E-state index in [1.807, 2.05) is 0 Å². The second-order valence-electron chi connectivity index (χ2n) is 5.25. The van der Waals surface area contributed by atoms with Crippen LogP contribution in [0.1, 0.15) is 30.9 Å². The molecule has 0 aromatic heterocycles. The van der Waals surface area contributed by atoms with Gasteiger partial charge < -0.3 is 15.4 Å². The fraction of sp³-hybridized carbons (Fsp3) is 0.533. The van der Waals surface area contributed by atoms with Crippen LogP contribution in [0.15, 0.2) is 18.2 Å². The predicted octanol–water partition coefficient (Wildman–Crippen LogP) is 1.99. The van der Waals surface area contributed by atoms with Crippen LogP contribution in [0, 0.1) is 11.6 Å². The summed E-state index contributed by atoms with van der Waals surface area (Å²) in [6, 6.07) is 2.16. The Bertz CT molecular complexity index is 510. The highest BCUT2D eigenvalue weighted by atomic mass is 19.1. The Balaban J connectivity index is 2.41. The number of carbonyl (C=O) groups excluding carboxylic acids is 1. The fourth-order valence-electron chi connectivity index (χ4n) is 2.77. The summed E-state index contributed by atoms with van der Waals surface area (Å²) in [6.07, 6.45) is 1.61. The summed E-state index contributed by atoms with van der Waals surface area (Å²) in [5.41, 5.74) is 6.26. The van der Waals surface area contributed by atoms with Crippen LogP contribution in [0.4, 0.5) is 8.78 Å². The van der Waals surface area contributed by atoms with E-state index >= 15 is 0 Å². The highest BCUT2D eigenvalue weighted by Crippen LogP contribution is 2.31. The zero-order valence-electron chi connectivity index (χ0n) is 12.0. The van der Waals surface area contributed by atoms with Crippen molar-refractivity contribution < 1.29 is 18.3 Å². The zero-order valence-corrected chi connectivity index (χ0v) is 12.0. The van der Waals surface area contributed by atoms with Crippen molar-refractivity contribution in [3.05, 3.63) is 35.4 Å². The first-order chi connectivity index (χ1) is 10.0. The van der Waals surface area contributed by atoms with E-state index < -0.39 is 23.7 Å². The molecule has 1 amide bonds. The molecule has 0 bridgehead atoms. The van der Waals surface area contributed by atoms with Gasteiger partial charge in [0.2, 0.25) is 5.91 Å². The van der Waals surface area contributed by atoms with Gasteiger partial charge in [-0.2, -0.15) is 0 Å². The molecule has 116 valence electrons. The van der Waals surface area contributed by atoms with E-state index in [0.717, 1.165) is 18.2 Å². The lowest BCUT2D eigenvalue weighted by atomic mass is 9.95. The number of benzene rings is 1. The number of hydrogen-bond acceptors (Lipinski definition) is 3. The first-order valence-electron chi connectivity index (χ1n) is 7.03. The molecule has 2 N–H and O–H groups in total. The Morgan fingerprint density at radius 3 is 2.90 bits per heavy atom. The summed E-state index contributed by atoms with van der Waals surface area (Å²) < 4.78 is 32.6. The Morgan fingerprint density at radius 1 is 1.43 bits per heavy atom. The predicted molar refractivity (Wildman–Crippen MR) is 74.5 cm³/mol. The van der Waals surface area contributed by atoms with E-state index in [1.165, 1.54) is 12.0 Å². The number of carbonyl (C=O) groups is 1. The number of likely N-dealkylation sites (tertiary alicyclic amines) is 1. The number of rotatable bonds is 4. The molecule has 2 rings (SSSR count). The van der Waals surface area contributed by atoms with Gasteiger partial charge in [-0.1, -0.05) is 0 Å². The average molecular weight is 298 g/mol. The lowest BCUT2D eigenvalue weighted by Crippen LogP contribution is -2.44. The quantitative estimate of drug-likeness (QED) is 0.925. The molecule has 1 aliphatic rings. The summed E-state index contributed by atoms with van der Waals surface area (Å²) in [5, 5.41) is 0. The molecule has 0 aliphatic carbocycles. The van der Waals surface area contributed by atoms with Crippen molar-refractivity contribution in [1.29, 1.82) is 0 Å². The number of amides is 1. The van der Waals surface area contributed by atoms with Crippen LogP contribution in [0.5, 0.6) is 0 Å². The number of methoxy groups -OCH3 is 1. The molecule has 4 nitrogen and oxygen atoms in total. The number of nitrogens with zero attached hydrogens (tertiary/aromatic N) is 1. The van der Waals surface area contributed by atoms with Gasteiger partial charge in [-0.05, 0) is 31.0 Å². The molecule has 1 fully saturated rings. The van der Waals surface area contributed by atoms with Crippen LogP contribution < -0.4 is 5.73 Å². The molecular weight excluding hydrogens is 278 g/mol. The van der Waals surface area contributed by atoms with Crippen LogP contribution in [0.3, 0.4) is 0 Å². The Morgan fingerprint density at radius 2 is 2.19 bits per heavy atom. The summed E-state index contributed by atoms with van der Waals surface area (Å²) in [4.78, 5) is 13.8. The lowest BCUT2D eigenvalue weighted by molar-refractivity contribution is -0.134. The minimum atomic E-state index is -0.661. The van der Waals surface area contributed by atoms with Crippen LogP contribution in [0.2, 0.25) is 0 Å². The molecule has 0 saturated carbocycles. The van der Waals surface area contributed by atoms with E-state index in [2.05, 4.69) is 0 Å². The number of hydrogen-bond donors (Lipinski definition) is 1. The summed E-state index contributed by atoms with van der Waals surface area (Å²) in [5.74, 6) is -1.19. The highest BCUT2D eigenvalue weighted by molar-refractivity contribution is 5.77. The van der Waals surface area contributed by atoms with Gasteiger partial charge in [0.05, 0.1) is 12.6 Å². The van der Waals surface area contributed by atoms with Crippen molar-refractivity contribution in [3.63, 3.8) is 0 Å². The third-order valence-corrected chi connectivity index (χ3v) is 3.80. The normalized spacial score (nSPS) is 23.2. The minimum absolute atomic E-state index is 0.103. The summed E-state index contributed by atoms with van der Waals surface area (Å²) in [6.45, 7) is 0.634. The smallest absolute Gasteiger partial charge is 0.223 e. The second kappa shape index (κ2) is 6.95. The van der Waals surface area contributed by atoms with Crippen molar-refractivity contribution in [1.82, 2.24) is 4.90 Å². The maximum atomic E-state index is 14.1. The average Bonchev–Trinajstić information content (AvgIpc) is 2.58. The van der Waals surface area contributed by atoms with Gasteiger partial charge in [-0.15, -0.1) is 0 Å². The van der Waals surface area contributed by atoms with Gasteiger partial charge in [0.15, 0.2) is 0 Å². The fourth-order valence-corrected chi connectivity index (χ4v) is 2.77. The lowest BCUT2D eigenvalue weighted by Gasteiger charge is -2.34. The maximum Gasteiger partial charge on any atom is 0.223 e. The Labute approximate surface area is 122 Å². The SMILES string of the molecule is COCCN1C(=O)CCCC(N)C1c1cc(F)ccc1F. The number of nitrogens with two attached hydrogens (primary N) is 1. The van der Waals surface area contributed by atoms with Crippen molar-refractivity contribution in [2.24, 2.45) is 5.73 Å². The van der Waals surface area contributed by atoms with Crippen molar-refractivity contribution >= 4 is 5.91 Å². The Hall–Kier alpha value is -1.53. The molecule has 2 unspecified atom stereocenters. The number of halogens is 2. The van der Waals surface area contributed by atoms with Gasteiger partial charge in [-0.3, -0.25) is 4.79 Å². The molecule has 1 aliphatic heterocycles. The third-order valence-electron chi connectivity index (χ3n) is 3.80. The topological polar surface area (TPSA) is 55.6 Å². The molecule has 1 aromatic rings. The largest absolute Gasteiger partial charge is 0.383 e. The monoisotopic (exact) mass is 298 g/mol. The molecule has 1 heterocycles. The van der Waals surface area contributed by atoms with Crippen LogP contribution in [-0.4, -0.2) is 37.1 Å². The van der Waals surface area contributed by atoms with Crippen LogP contribution in [0.25, 0.3) is 0 Å². The first-order valence-corrected chi connectivity index (χ1v) is 7.03. The van der Waals surface area contributed by atoms with E-state index in [9.17, 15) is 13.6 Å². The second-order valence-corrected chi connectivity index (χ2v) is 5.25. The van der Waals surface area contributed by atoms with Crippen molar-refractivity contribution in [3.8, 4) is 0 Å². The van der Waals surface area contributed by atoms with Gasteiger partial charge >= 0.3 is 0 Å². The van der Waals surface area contributed by atoms with Gasteiger partial charge in [0.1, 0.15) is 11.6 Å². The number of ether oxygens (including phenoxy) is 1. The maximum absolute atomic E-state index is 14.1. The third kappa shape index (κ3) is 3.57. The van der Waals surface area contributed by atoms with Gasteiger partial charge in [0.25, 0.3) is 0 Å². The summed E-state index contributed by atoms with van der Waals surface area (Å²) in [7, 11) is 1.53. The minimum Gasteiger partial charge on any atom is -0.383 e. The van der Waals surface area contributed by atoms with E-state index in [4.69, 9.17) is 10.5 Å². The summed E-state index contributed by atoms with van der Waals surface area (Å²) >= 11 is 0. The van der Waals surface area contributed by atoms with Gasteiger partial charge in [-0.25, -0.2) is 8.78 Å². The van der Waals surface area contributed by atoms with E-state index in [1.54, 1.807) is 0 Å². The molecular formula is C15H20F2N2O2. The standard InChI is InChI=1S/C15H20F2N2O2/c1-21-8-7-19-14(20)4-2-3-13(18)15(19)11-9-10(16)5-6-12(11)17/h5-6,9,13,15H,2-4,7-8,18H2,1H3. The van der Waals surface area contributed by atoms with Crippen LogP contribution >= 0.6 is 0 Å². The van der Waals surface area contributed by atoms with E-state index in [-0.39, 0.29) is 11.5 Å². The van der Waals surface area contributed by atoms with Gasteiger partial charge in [0, 0.05) is 31.7 Å². The highest BCUT2D eigenvalue weighted by Gasteiger charge is 2.34. The molecule has 0 radical (unpaired) electrons. The van der Waals surface area contributed by atoms with Crippen LogP contribution in [-0.2, 0) is 9.53 Å². The van der Waals surface area contributed by atoms with Crippen molar-refractivity contribution in [2.75, 3.05) is 20.3 Å². The van der Waals surface area contributed by atoms with Crippen molar-refractivity contribution in [2.45, 2.75) is 31.3 Å². The molecule has 0 spiro atoms. The molecule has 21 heavy (non-hydrogen) atoms.